The van der Waals surface area contributed by atoms with Gasteiger partial charge in [-0.2, -0.15) is 0 Å². The number of fused-ring (bicyclic) bond motifs is 2. The van der Waals surface area contributed by atoms with Gasteiger partial charge in [-0.3, -0.25) is 28.8 Å². The summed E-state index contributed by atoms with van der Waals surface area (Å²) in [6.07, 6.45) is 4.16. The summed E-state index contributed by atoms with van der Waals surface area (Å²) in [5.41, 5.74) is 4.20. The summed E-state index contributed by atoms with van der Waals surface area (Å²) in [5, 5.41) is 8.81. The van der Waals surface area contributed by atoms with E-state index in [0.29, 0.717) is 29.9 Å². The summed E-state index contributed by atoms with van der Waals surface area (Å²) in [5.74, 6) is -0.349. The van der Waals surface area contributed by atoms with Gasteiger partial charge >= 0.3 is 5.69 Å². The zero-order valence-electron chi connectivity index (χ0n) is 34.8. The van der Waals surface area contributed by atoms with Gasteiger partial charge in [0.25, 0.3) is 12.3 Å². The van der Waals surface area contributed by atoms with Gasteiger partial charge in [0.05, 0.1) is 22.3 Å². The Kier molecular flexibility index (Phi) is 11.9. The van der Waals surface area contributed by atoms with E-state index in [9.17, 15) is 28.0 Å². The number of aliphatic imine (C=N–C) groups is 1. The first-order valence-electron chi connectivity index (χ1n) is 20.9. The number of hydrogen-bond acceptors (Lipinski definition) is 11. The van der Waals surface area contributed by atoms with Gasteiger partial charge in [0.2, 0.25) is 17.8 Å². The van der Waals surface area contributed by atoms with E-state index in [1.54, 1.807) is 48.2 Å². The molecule has 320 valence electrons. The molecule has 0 bridgehead atoms. The second kappa shape index (κ2) is 17.2. The largest absolute Gasteiger partial charge is 0.370 e. The highest BCUT2D eigenvalue weighted by Gasteiger charge is 2.39. The number of halogens is 2. The van der Waals surface area contributed by atoms with Crippen molar-refractivity contribution in [1.29, 1.82) is 0 Å². The number of amides is 3. The number of hydrogen-bond donors (Lipinski definition) is 3. The van der Waals surface area contributed by atoms with E-state index in [2.05, 4.69) is 55.3 Å². The minimum atomic E-state index is -2.86. The zero-order valence-corrected chi connectivity index (χ0v) is 35.6. The van der Waals surface area contributed by atoms with E-state index in [0.717, 1.165) is 91.3 Å². The van der Waals surface area contributed by atoms with Crippen LogP contribution in [-0.2, 0) is 21.4 Å². The number of nitrogens with zero attached hydrogens (tertiary/aromatic N) is 7. The summed E-state index contributed by atoms with van der Waals surface area (Å²) in [6.45, 7) is 10.4. The Balaban J connectivity index is 0.816. The molecule has 0 aliphatic carbocycles. The first kappa shape index (κ1) is 41.7. The highest BCUT2D eigenvalue weighted by molar-refractivity contribution is 7.97. The third kappa shape index (κ3) is 8.22. The number of benzene rings is 2. The number of anilines is 2. The van der Waals surface area contributed by atoms with Crippen molar-refractivity contribution in [3.05, 3.63) is 75.9 Å². The van der Waals surface area contributed by atoms with Gasteiger partial charge in [-0.1, -0.05) is 6.07 Å². The fourth-order valence-electron chi connectivity index (χ4n) is 9.34. The molecule has 5 aliphatic rings. The summed E-state index contributed by atoms with van der Waals surface area (Å²) < 4.78 is 32.8. The number of imide groups is 1. The maximum absolute atomic E-state index is 13.6. The maximum atomic E-state index is 13.6. The third-order valence-corrected chi connectivity index (χ3v) is 13.7. The number of aromatic nitrogens is 2. The molecule has 2 atom stereocenters. The minimum absolute atomic E-state index is 0.213. The number of carbonyl (C=O) groups is 3. The SMILES string of the molecule is Cc1cc(SN2CCC(CN(C)C3CCN(c4cccc5c4n(C)c(=O)n5C4CCC(=O)NC4=O)CC3)CC2)ccc1NC1=NC2C(=CN1)C=C(C(F)F)C(=O)N2C(C)C. The predicted molar refractivity (Wildman–Crippen MR) is 230 cm³/mol. The molecule has 3 N–H and O–H groups in total. The molecule has 0 spiro atoms. The second-order valence-corrected chi connectivity index (χ2v) is 18.1. The van der Waals surface area contributed by atoms with Crippen LogP contribution in [0.25, 0.3) is 11.0 Å². The van der Waals surface area contributed by atoms with Gasteiger partial charge in [-0.15, -0.1) is 0 Å². The van der Waals surface area contributed by atoms with Gasteiger partial charge in [0.15, 0.2) is 6.17 Å². The van der Waals surface area contributed by atoms with Crippen LogP contribution in [0.3, 0.4) is 0 Å². The Labute approximate surface area is 352 Å². The molecule has 3 aromatic rings. The van der Waals surface area contributed by atoms with Crippen LogP contribution < -0.4 is 26.5 Å². The van der Waals surface area contributed by atoms with Crippen LogP contribution in [0.4, 0.5) is 20.2 Å². The van der Waals surface area contributed by atoms with Crippen molar-refractivity contribution >= 4 is 58.0 Å². The molecular formula is C43H54F2N10O4S. The Bertz CT molecular complexity index is 2320. The highest BCUT2D eigenvalue weighted by Crippen LogP contribution is 2.35. The fourth-order valence-corrected chi connectivity index (χ4v) is 10.4. The highest BCUT2D eigenvalue weighted by atomic mass is 32.2. The normalized spacial score (nSPS) is 22.3. The topological polar surface area (TPSA) is 140 Å². The Morgan fingerprint density at radius 1 is 1.00 bits per heavy atom. The lowest BCUT2D eigenvalue weighted by Gasteiger charge is -2.40. The standard InChI is InChI=1S/C43H54F2N10O4S/c1-25(2)54-39-28(22-31(38(44)45)41(54)58)23-46-42(49-39)47-32-10-9-30(21-26(32)3)60-53-19-13-27(14-20-53)24-50(4)29-15-17-52(18-16-29)33-7-6-8-34-37(33)51(5)43(59)55(34)35-11-12-36(56)48-40(35)57/h6-10,21-23,25,27,29,35,38-39H,11-20,24H2,1-5H3,(H2,46,47,49)(H,48,56,57). The predicted octanol–water partition coefficient (Wildman–Crippen LogP) is 4.97. The molecule has 6 heterocycles. The maximum Gasteiger partial charge on any atom is 0.329 e. The number of alkyl halides is 2. The first-order valence-corrected chi connectivity index (χ1v) is 21.7. The fraction of sp³-hybridized carbons (Fsp3) is 0.512. The molecular weight excluding hydrogens is 791 g/mol. The second-order valence-electron chi connectivity index (χ2n) is 16.9. The number of carbonyl (C=O) groups excluding carboxylic acids is 3. The summed E-state index contributed by atoms with van der Waals surface area (Å²) >= 11 is 1.78. The lowest BCUT2D eigenvalue weighted by molar-refractivity contribution is -0.136. The molecule has 3 fully saturated rings. The quantitative estimate of drug-likeness (QED) is 0.190. The summed E-state index contributed by atoms with van der Waals surface area (Å²) in [6, 6.07) is 11.6. The van der Waals surface area contributed by atoms with Crippen molar-refractivity contribution in [2.75, 3.05) is 50.0 Å². The van der Waals surface area contributed by atoms with Crippen molar-refractivity contribution < 1.29 is 23.2 Å². The van der Waals surface area contributed by atoms with E-state index in [1.807, 2.05) is 25.1 Å². The molecule has 17 heteroatoms. The molecule has 5 aliphatic heterocycles. The van der Waals surface area contributed by atoms with E-state index >= 15 is 0 Å². The van der Waals surface area contributed by atoms with Gasteiger partial charge < -0.3 is 25.3 Å². The molecule has 14 nitrogen and oxygen atoms in total. The molecule has 8 rings (SSSR count). The molecule has 1 aromatic heterocycles. The Morgan fingerprint density at radius 3 is 2.43 bits per heavy atom. The lowest BCUT2D eigenvalue weighted by atomic mass is 9.95. The Hall–Kier alpha value is -5.00. The summed E-state index contributed by atoms with van der Waals surface area (Å²) in [7, 11) is 4.01. The number of rotatable bonds is 10. The van der Waals surface area contributed by atoms with Crippen LogP contribution in [0.5, 0.6) is 0 Å². The van der Waals surface area contributed by atoms with E-state index in [1.165, 1.54) is 11.0 Å². The van der Waals surface area contributed by atoms with Crippen molar-refractivity contribution in [2.45, 2.75) is 94.9 Å². The van der Waals surface area contributed by atoms with Crippen molar-refractivity contribution in [1.82, 2.24) is 33.9 Å². The van der Waals surface area contributed by atoms with E-state index < -0.39 is 36.0 Å². The number of nitrogens with one attached hydrogen (secondary N) is 3. The van der Waals surface area contributed by atoms with Gasteiger partial charge in [0.1, 0.15) is 6.04 Å². The third-order valence-electron chi connectivity index (χ3n) is 12.6. The smallest absolute Gasteiger partial charge is 0.329 e. The molecule has 0 saturated carbocycles. The molecule has 2 aromatic carbocycles. The molecule has 60 heavy (non-hydrogen) atoms. The van der Waals surface area contributed by atoms with E-state index in [4.69, 9.17) is 4.99 Å². The molecule has 3 saturated heterocycles. The van der Waals surface area contributed by atoms with Crippen molar-refractivity contribution in [3.8, 4) is 0 Å². The van der Waals surface area contributed by atoms with Crippen LogP contribution in [-0.4, -0.2) is 111 Å². The monoisotopic (exact) mass is 844 g/mol. The van der Waals surface area contributed by atoms with Crippen LogP contribution in [0, 0.1) is 12.8 Å². The lowest BCUT2D eigenvalue weighted by Crippen LogP contribution is -2.51. The number of guanidine groups is 1. The number of aryl methyl sites for hydroxylation is 2. The Morgan fingerprint density at radius 2 is 1.75 bits per heavy atom. The number of imidazole rings is 1. The van der Waals surface area contributed by atoms with Crippen LogP contribution >= 0.6 is 11.9 Å². The van der Waals surface area contributed by atoms with Gasteiger partial charge in [0, 0.05) is 80.6 Å². The minimum Gasteiger partial charge on any atom is -0.370 e. The number of piperidine rings is 3. The van der Waals surface area contributed by atoms with Crippen molar-refractivity contribution in [3.63, 3.8) is 0 Å². The average molecular weight is 845 g/mol. The van der Waals surface area contributed by atoms with Crippen LogP contribution in [0.2, 0.25) is 0 Å². The number of para-hydroxylation sites is 1. The molecule has 2 unspecified atom stereocenters. The first-order chi connectivity index (χ1) is 28.8. The zero-order chi connectivity index (χ0) is 42.4. The van der Waals surface area contributed by atoms with Crippen molar-refractivity contribution in [2.24, 2.45) is 18.0 Å². The molecule has 3 amide bonds. The van der Waals surface area contributed by atoms with Crippen LogP contribution in [0.15, 0.2) is 74.5 Å². The molecule has 0 radical (unpaired) electrons. The van der Waals surface area contributed by atoms with Gasteiger partial charge in [-0.05, 0) is 120 Å². The average Bonchev–Trinajstić information content (AvgIpc) is 3.47. The van der Waals surface area contributed by atoms with Gasteiger partial charge in [-0.25, -0.2) is 22.9 Å². The van der Waals surface area contributed by atoms with Crippen LogP contribution in [0.1, 0.15) is 64.0 Å². The van der Waals surface area contributed by atoms with E-state index in [-0.39, 0.29) is 24.1 Å². The summed E-state index contributed by atoms with van der Waals surface area (Å²) in [4.78, 5) is 63.0.